The number of rotatable bonds is 6. The van der Waals surface area contributed by atoms with Crippen LogP contribution in [0.25, 0.3) is 0 Å². The van der Waals surface area contributed by atoms with Gasteiger partial charge in [-0.2, -0.15) is 0 Å². The summed E-state index contributed by atoms with van der Waals surface area (Å²) in [7, 11) is 0. The third kappa shape index (κ3) is 8.44. The minimum Gasteiger partial charge on any atom is -0.369 e. The topological polar surface area (TPSA) is 47.6 Å². The first-order valence-corrected chi connectivity index (χ1v) is 9.36. The molecule has 0 aromatic heterocycles. The van der Waals surface area contributed by atoms with E-state index < -0.39 is 0 Å². The average Bonchev–Trinajstić information content (AvgIpc) is 2.67. The summed E-state index contributed by atoms with van der Waals surface area (Å²) in [5.41, 5.74) is 1.32. The van der Waals surface area contributed by atoms with Crippen molar-refractivity contribution in [3.63, 3.8) is 0 Å². The number of piperidine rings is 1. The molecule has 2 saturated heterocycles. The van der Waals surface area contributed by atoms with Gasteiger partial charge in [-0.1, -0.05) is 24.6 Å². The summed E-state index contributed by atoms with van der Waals surface area (Å²) >= 11 is 0. The van der Waals surface area contributed by atoms with Crippen LogP contribution in [0.3, 0.4) is 0 Å². The van der Waals surface area contributed by atoms with Gasteiger partial charge >= 0.3 is 0 Å². The highest BCUT2D eigenvalue weighted by molar-refractivity contribution is 5.86. The maximum atomic E-state index is 12.1. The SMILES string of the molecule is Cl.Cl.Cl.O=C(NCCCN1CCN(c2ccccc2)CC1)[C@H]1CCCCN1. The maximum Gasteiger partial charge on any atom is 0.237 e. The van der Waals surface area contributed by atoms with Crippen LogP contribution < -0.4 is 15.5 Å². The minimum atomic E-state index is 0. The highest BCUT2D eigenvalue weighted by Crippen LogP contribution is 2.15. The van der Waals surface area contributed by atoms with Crippen molar-refractivity contribution in [2.75, 3.05) is 50.7 Å². The number of nitrogens with zero attached hydrogens (tertiary/aromatic N) is 2. The highest BCUT2D eigenvalue weighted by atomic mass is 35.5. The predicted octanol–water partition coefficient (Wildman–Crippen LogP) is 2.72. The van der Waals surface area contributed by atoms with Crippen molar-refractivity contribution in [2.45, 2.75) is 31.7 Å². The Morgan fingerprint density at radius 3 is 2.37 bits per heavy atom. The molecule has 2 aliphatic rings. The van der Waals surface area contributed by atoms with E-state index in [9.17, 15) is 4.79 Å². The van der Waals surface area contributed by atoms with E-state index in [-0.39, 0.29) is 49.2 Å². The number of carbonyl (C=O) groups is 1. The van der Waals surface area contributed by atoms with Gasteiger partial charge in [-0.3, -0.25) is 9.69 Å². The monoisotopic (exact) mass is 438 g/mol. The Balaban J connectivity index is 0.00000225. The summed E-state index contributed by atoms with van der Waals surface area (Å²) in [5.74, 6) is 0.184. The van der Waals surface area contributed by atoms with Crippen LogP contribution >= 0.6 is 37.2 Å². The van der Waals surface area contributed by atoms with E-state index in [0.29, 0.717) is 0 Å². The fraction of sp³-hybridized carbons (Fsp3) is 0.632. The van der Waals surface area contributed by atoms with E-state index >= 15 is 0 Å². The Morgan fingerprint density at radius 2 is 1.74 bits per heavy atom. The number of amides is 1. The molecule has 0 bridgehead atoms. The largest absolute Gasteiger partial charge is 0.369 e. The molecule has 27 heavy (non-hydrogen) atoms. The molecule has 1 amide bonds. The molecular formula is C19H33Cl3N4O. The zero-order chi connectivity index (χ0) is 16.6. The Hall–Kier alpha value is -0.720. The lowest BCUT2D eigenvalue weighted by Gasteiger charge is -2.36. The van der Waals surface area contributed by atoms with Crippen molar-refractivity contribution in [3.8, 4) is 0 Å². The molecule has 2 fully saturated rings. The first kappa shape index (κ1) is 26.3. The number of halogens is 3. The lowest BCUT2D eigenvalue weighted by atomic mass is 10.0. The van der Waals surface area contributed by atoms with Crippen LogP contribution in [0, 0.1) is 0 Å². The van der Waals surface area contributed by atoms with Gasteiger partial charge in [0.2, 0.25) is 5.91 Å². The number of piperazine rings is 1. The van der Waals surface area contributed by atoms with Crippen LogP contribution in [0.15, 0.2) is 30.3 Å². The third-order valence-electron chi connectivity index (χ3n) is 5.07. The van der Waals surface area contributed by atoms with Crippen LogP contribution in [-0.2, 0) is 4.79 Å². The first-order chi connectivity index (χ1) is 11.8. The van der Waals surface area contributed by atoms with Gasteiger partial charge in [0, 0.05) is 38.4 Å². The molecule has 0 aliphatic carbocycles. The van der Waals surface area contributed by atoms with Crippen LogP contribution in [0.1, 0.15) is 25.7 Å². The molecule has 1 aromatic carbocycles. The molecule has 0 saturated carbocycles. The van der Waals surface area contributed by atoms with E-state index in [1.165, 1.54) is 12.1 Å². The Bertz CT molecular complexity index is 507. The van der Waals surface area contributed by atoms with Gasteiger partial charge in [-0.25, -0.2) is 0 Å². The van der Waals surface area contributed by atoms with Gasteiger partial charge in [0.25, 0.3) is 0 Å². The Kier molecular flexibility index (Phi) is 13.9. The Morgan fingerprint density at radius 1 is 1.04 bits per heavy atom. The van der Waals surface area contributed by atoms with Crippen LogP contribution in [0.5, 0.6) is 0 Å². The van der Waals surface area contributed by atoms with E-state index in [1.54, 1.807) is 0 Å². The van der Waals surface area contributed by atoms with Crippen molar-refractivity contribution < 1.29 is 4.79 Å². The summed E-state index contributed by atoms with van der Waals surface area (Å²) in [6.45, 7) is 7.21. The predicted molar refractivity (Wildman–Crippen MR) is 120 cm³/mol. The molecule has 8 heteroatoms. The van der Waals surface area contributed by atoms with Crippen LogP contribution in [0.2, 0.25) is 0 Å². The molecule has 2 heterocycles. The average molecular weight is 440 g/mol. The summed E-state index contributed by atoms with van der Waals surface area (Å²) < 4.78 is 0. The zero-order valence-electron chi connectivity index (χ0n) is 15.8. The summed E-state index contributed by atoms with van der Waals surface area (Å²) in [6, 6.07) is 10.7. The molecule has 0 spiro atoms. The van der Waals surface area contributed by atoms with Gasteiger partial charge < -0.3 is 15.5 Å². The molecule has 5 nitrogen and oxygen atoms in total. The normalized spacial score (nSPS) is 19.9. The molecule has 0 radical (unpaired) electrons. The van der Waals surface area contributed by atoms with Crippen molar-refractivity contribution in [2.24, 2.45) is 0 Å². The highest BCUT2D eigenvalue weighted by Gasteiger charge is 2.20. The van der Waals surface area contributed by atoms with Gasteiger partial charge in [-0.05, 0) is 44.5 Å². The minimum absolute atomic E-state index is 0. The lowest BCUT2D eigenvalue weighted by molar-refractivity contribution is -0.123. The number of para-hydroxylation sites is 1. The standard InChI is InChI=1S/C19H30N4O.3ClH/c24-19(18-9-4-5-10-20-18)21-11-6-12-22-13-15-23(16-14-22)17-7-2-1-3-8-17;;;/h1-3,7-8,18,20H,4-6,9-16H2,(H,21,24);3*1H/t18-;;;/m1.../s1. The van der Waals surface area contributed by atoms with Crippen molar-refractivity contribution in [3.05, 3.63) is 30.3 Å². The van der Waals surface area contributed by atoms with Gasteiger partial charge in [0.05, 0.1) is 6.04 Å². The first-order valence-electron chi connectivity index (χ1n) is 9.36. The third-order valence-corrected chi connectivity index (χ3v) is 5.07. The number of benzene rings is 1. The van der Waals surface area contributed by atoms with E-state index in [4.69, 9.17) is 0 Å². The van der Waals surface area contributed by atoms with Gasteiger partial charge in [-0.15, -0.1) is 37.2 Å². The second-order valence-electron chi connectivity index (χ2n) is 6.81. The summed E-state index contributed by atoms with van der Waals surface area (Å²) in [4.78, 5) is 17.0. The number of carbonyl (C=O) groups excluding carboxylic acids is 1. The van der Waals surface area contributed by atoms with Crippen molar-refractivity contribution in [1.29, 1.82) is 0 Å². The summed E-state index contributed by atoms with van der Waals surface area (Å²) in [6.07, 6.45) is 4.37. The number of anilines is 1. The Labute approximate surface area is 181 Å². The quantitative estimate of drug-likeness (QED) is 0.669. The van der Waals surface area contributed by atoms with Crippen LogP contribution in [-0.4, -0.2) is 62.7 Å². The fourth-order valence-electron chi connectivity index (χ4n) is 3.58. The van der Waals surface area contributed by atoms with E-state index in [2.05, 4.69) is 50.8 Å². The van der Waals surface area contributed by atoms with Gasteiger partial charge in [0.1, 0.15) is 0 Å². The molecule has 1 aromatic rings. The fourth-order valence-corrected chi connectivity index (χ4v) is 3.58. The van der Waals surface area contributed by atoms with E-state index in [1.807, 2.05) is 0 Å². The number of hydrogen-bond donors (Lipinski definition) is 2. The molecule has 0 unspecified atom stereocenters. The maximum absolute atomic E-state index is 12.1. The zero-order valence-corrected chi connectivity index (χ0v) is 18.2. The molecule has 2 N–H and O–H groups in total. The van der Waals surface area contributed by atoms with Crippen molar-refractivity contribution >= 4 is 48.8 Å². The van der Waals surface area contributed by atoms with Crippen LogP contribution in [0.4, 0.5) is 5.69 Å². The second-order valence-corrected chi connectivity index (χ2v) is 6.81. The van der Waals surface area contributed by atoms with Crippen molar-refractivity contribution in [1.82, 2.24) is 15.5 Å². The van der Waals surface area contributed by atoms with Gasteiger partial charge in [0.15, 0.2) is 0 Å². The lowest BCUT2D eigenvalue weighted by Crippen LogP contribution is -2.48. The molecule has 1 atom stereocenters. The van der Waals surface area contributed by atoms with E-state index in [0.717, 1.165) is 65.1 Å². The smallest absolute Gasteiger partial charge is 0.237 e. The molecular weight excluding hydrogens is 407 g/mol. The number of hydrogen-bond acceptors (Lipinski definition) is 4. The second kappa shape index (κ2) is 14.3. The molecule has 3 rings (SSSR count). The molecule has 156 valence electrons. The molecule has 2 aliphatic heterocycles. The number of nitrogens with one attached hydrogen (secondary N) is 2. The summed E-state index contributed by atoms with van der Waals surface area (Å²) in [5, 5.41) is 6.39.